The van der Waals surface area contributed by atoms with Crippen LogP contribution in [0.25, 0.3) is 22.6 Å². The summed E-state index contributed by atoms with van der Waals surface area (Å²) in [7, 11) is -1.37. The van der Waals surface area contributed by atoms with Crippen LogP contribution in [0.2, 0.25) is 0 Å². The summed E-state index contributed by atoms with van der Waals surface area (Å²) in [6.07, 6.45) is 9.49. The maximum Gasteiger partial charge on any atom is 0.150 e. The van der Waals surface area contributed by atoms with Crippen molar-refractivity contribution in [1.82, 2.24) is 19.4 Å². The second-order valence-electron chi connectivity index (χ2n) is 8.06. The summed E-state index contributed by atoms with van der Waals surface area (Å²) in [5, 5.41) is 3.33. The number of ether oxygens (including phenoxy) is 1. The molecule has 0 aliphatic carbocycles. The first-order valence-electron chi connectivity index (χ1n) is 11.1. The molecule has 0 fully saturated rings. The van der Waals surface area contributed by atoms with Crippen LogP contribution >= 0.6 is 0 Å². The first kappa shape index (κ1) is 24.9. The molecule has 4 rings (SSSR count). The maximum absolute atomic E-state index is 11.3. The Morgan fingerprint density at radius 2 is 1.97 bits per heavy atom. The van der Waals surface area contributed by atoms with Gasteiger partial charge in [-0.05, 0) is 17.2 Å². The number of hydrogen-bond acceptors (Lipinski definition) is 9. The smallest absolute Gasteiger partial charge is 0.150 e. The molecule has 0 bridgehead atoms. The van der Waals surface area contributed by atoms with Gasteiger partial charge in [-0.25, -0.2) is 23.4 Å². The maximum atomic E-state index is 11.3. The van der Waals surface area contributed by atoms with Gasteiger partial charge in [0.1, 0.15) is 30.1 Å². The van der Waals surface area contributed by atoms with E-state index in [2.05, 4.69) is 25.3 Å². The molecule has 0 amide bonds. The van der Waals surface area contributed by atoms with Crippen molar-refractivity contribution in [3.63, 3.8) is 0 Å². The van der Waals surface area contributed by atoms with Crippen molar-refractivity contribution in [2.45, 2.75) is 6.54 Å². The average Bonchev–Trinajstić information content (AvgIpc) is 3.29. The lowest BCUT2D eigenvalue weighted by atomic mass is 10.1. The van der Waals surface area contributed by atoms with Gasteiger partial charge < -0.3 is 15.8 Å². The van der Waals surface area contributed by atoms with E-state index in [1.54, 1.807) is 31.6 Å². The van der Waals surface area contributed by atoms with Crippen LogP contribution in [0.5, 0.6) is 5.75 Å². The summed E-state index contributed by atoms with van der Waals surface area (Å²) in [6.45, 7) is 0.672. The molecule has 186 valence electrons. The molecule has 11 heteroatoms. The van der Waals surface area contributed by atoms with E-state index < -0.39 is 9.84 Å². The molecule has 0 saturated carbocycles. The number of hydrogen-bond donors (Lipinski definition) is 2. The van der Waals surface area contributed by atoms with E-state index in [0.717, 1.165) is 22.4 Å². The number of pyridine rings is 1. The number of imidazole rings is 1. The fraction of sp³-hybridized carbons (Fsp3) is 0.200. The molecule has 0 atom stereocenters. The highest BCUT2D eigenvalue weighted by molar-refractivity contribution is 7.90. The molecule has 3 N–H and O–H groups in total. The zero-order chi connectivity index (χ0) is 25.5. The second kappa shape index (κ2) is 11.0. The molecule has 10 nitrogen and oxygen atoms in total. The number of fused-ring (bicyclic) bond motifs is 1. The lowest BCUT2D eigenvalue weighted by molar-refractivity contribution is 0.341. The van der Waals surface area contributed by atoms with Crippen molar-refractivity contribution in [2.75, 3.05) is 31.0 Å². The van der Waals surface area contributed by atoms with E-state index in [9.17, 15) is 8.42 Å². The minimum absolute atomic E-state index is 0.0435. The lowest BCUT2D eigenvalue weighted by Gasteiger charge is -2.09. The number of nitrogens with two attached hydrogens (primary N) is 1. The molecule has 0 aliphatic heterocycles. The Labute approximate surface area is 209 Å². The Kier molecular flexibility index (Phi) is 7.59. The molecule has 3 heterocycles. The van der Waals surface area contributed by atoms with Gasteiger partial charge in [0, 0.05) is 56.2 Å². The van der Waals surface area contributed by atoms with E-state index in [1.807, 2.05) is 40.9 Å². The van der Waals surface area contributed by atoms with E-state index in [-0.39, 0.29) is 12.4 Å². The molecule has 4 aromatic rings. The number of allylic oxidation sites excluding steroid dienone is 1. The molecular formula is C25H27N7O3S. The molecule has 3 aromatic heterocycles. The van der Waals surface area contributed by atoms with E-state index in [1.165, 1.54) is 18.8 Å². The molecule has 0 spiro atoms. The number of rotatable bonds is 10. The highest BCUT2D eigenvalue weighted by Gasteiger charge is 2.10. The summed E-state index contributed by atoms with van der Waals surface area (Å²) < 4.78 is 30.0. The third-order valence-corrected chi connectivity index (χ3v) is 6.25. The van der Waals surface area contributed by atoms with Gasteiger partial charge in [0.25, 0.3) is 0 Å². The highest BCUT2D eigenvalue weighted by atomic mass is 32.2. The molecule has 0 radical (unpaired) electrons. The van der Waals surface area contributed by atoms with Crippen molar-refractivity contribution >= 4 is 33.1 Å². The molecule has 0 unspecified atom stereocenters. The van der Waals surface area contributed by atoms with Crippen LogP contribution in [0.4, 0.5) is 5.82 Å². The zero-order valence-electron chi connectivity index (χ0n) is 20.0. The summed E-state index contributed by atoms with van der Waals surface area (Å²) in [6, 6.07) is 13.4. The number of nitrogens with one attached hydrogen (secondary N) is 1. The summed E-state index contributed by atoms with van der Waals surface area (Å²) >= 11 is 0. The van der Waals surface area contributed by atoms with Gasteiger partial charge in [-0.15, -0.1) is 0 Å². The van der Waals surface area contributed by atoms with Crippen molar-refractivity contribution in [3.05, 3.63) is 78.5 Å². The van der Waals surface area contributed by atoms with Gasteiger partial charge in [-0.1, -0.05) is 24.3 Å². The Hall–Kier alpha value is -4.25. The van der Waals surface area contributed by atoms with Crippen molar-refractivity contribution in [2.24, 2.45) is 10.7 Å². The van der Waals surface area contributed by atoms with Gasteiger partial charge in [-0.3, -0.25) is 9.39 Å². The van der Waals surface area contributed by atoms with Crippen molar-refractivity contribution < 1.29 is 13.2 Å². The quantitative estimate of drug-likeness (QED) is 0.314. The fourth-order valence-corrected chi connectivity index (χ4v) is 3.89. The van der Waals surface area contributed by atoms with Gasteiger partial charge in [-0.2, -0.15) is 0 Å². The van der Waals surface area contributed by atoms with Gasteiger partial charge >= 0.3 is 0 Å². The topological polar surface area (TPSA) is 137 Å². The van der Waals surface area contributed by atoms with Gasteiger partial charge in [0.15, 0.2) is 9.84 Å². The van der Waals surface area contributed by atoms with Crippen LogP contribution in [0.1, 0.15) is 11.1 Å². The van der Waals surface area contributed by atoms with Crippen LogP contribution in [-0.4, -0.2) is 59.6 Å². The third-order valence-electron chi connectivity index (χ3n) is 5.35. The number of benzene rings is 1. The monoisotopic (exact) mass is 505 g/mol. The predicted octanol–water partition coefficient (Wildman–Crippen LogP) is 2.83. The standard InChI is InChI=1S/C25H27N7O3S/c1-27-15-20(13-26)19-5-3-18(4-6-19)14-28-24-12-22(30-17-31-24)23-16-29-25-11-21(7-8-32(23)25)35-9-10-36(2,33)34/h3-8,11-13,15-17H,9-10,14,26H2,1-2H3,(H,28,30,31). The van der Waals surface area contributed by atoms with Crippen LogP contribution in [0, 0.1) is 0 Å². The highest BCUT2D eigenvalue weighted by Crippen LogP contribution is 2.23. The Morgan fingerprint density at radius 3 is 2.69 bits per heavy atom. The number of aliphatic imine (C=N–C) groups is 1. The molecule has 36 heavy (non-hydrogen) atoms. The van der Waals surface area contributed by atoms with Crippen LogP contribution in [0.15, 0.2) is 72.4 Å². The normalized spacial score (nSPS) is 12.3. The first-order valence-corrected chi connectivity index (χ1v) is 13.2. The molecular weight excluding hydrogens is 478 g/mol. The Bertz CT molecular complexity index is 1510. The van der Waals surface area contributed by atoms with Crippen molar-refractivity contribution in [1.29, 1.82) is 0 Å². The van der Waals surface area contributed by atoms with E-state index in [4.69, 9.17) is 10.5 Å². The molecule has 0 saturated heterocycles. The van der Waals surface area contributed by atoms with Crippen LogP contribution in [-0.2, 0) is 16.4 Å². The number of sulfone groups is 1. The fourth-order valence-electron chi connectivity index (χ4n) is 3.51. The SMILES string of the molecule is CN=CC(=CN)c1ccc(CNc2cc(-c3cnc4cc(OCCS(C)(=O)=O)ccn34)ncn2)cc1. The number of anilines is 1. The largest absolute Gasteiger partial charge is 0.492 e. The van der Waals surface area contributed by atoms with Gasteiger partial charge in [0.2, 0.25) is 0 Å². The van der Waals surface area contributed by atoms with Crippen LogP contribution < -0.4 is 15.8 Å². The summed E-state index contributed by atoms with van der Waals surface area (Å²) in [5.74, 6) is 1.19. The minimum Gasteiger partial charge on any atom is -0.492 e. The number of aromatic nitrogens is 4. The summed E-state index contributed by atoms with van der Waals surface area (Å²) in [5.41, 5.74) is 10.8. The van der Waals surface area contributed by atoms with E-state index in [0.29, 0.717) is 29.5 Å². The minimum atomic E-state index is -3.08. The third kappa shape index (κ3) is 6.25. The average molecular weight is 506 g/mol. The van der Waals surface area contributed by atoms with Crippen molar-refractivity contribution in [3.8, 4) is 17.1 Å². The zero-order valence-corrected chi connectivity index (χ0v) is 20.8. The number of nitrogens with zero attached hydrogens (tertiary/aromatic N) is 5. The molecule has 0 aliphatic rings. The second-order valence-corrected chi connectivity index (χ2v) is 10.3. The Balaban J connectivity index is 1.44. The summed E-state index contributed by atoms with van der Waals surface area (Å²) in [4.78, 5) is 17.2. The molecule has 1 aromatic carbocycles. The Morgan fingerprint density at radius 1 is 1.17 bits per heavy atom. The van der Waals surface area contributed by atoms with Crippen LogP contribution in [0.3, 0.4) is 0 Å². The van der Waals surface area contributed by atoms with E-state index >= 15 is 0 Å². The van der Waals surface area contributed by atoms with Gasteiger partial charge in [0.05, 0.1) is 23.3 Å². The predicted molar refractivity (Wildman–Crippen MR) is 142 cm³/mol. The lowest BCUT2D eigenvalue weighted by Crippen LogP contribution is -2.12. The first-order chi connectivity index (χ1) is 17.4.